The van der Waals surface area contributed by atoms with E-state index in [0.717, 1.165) is 0 Å². The maximum absolute atomic E-state index is 13.3. The summed E-state index contributed by atoms with van der Waals surface area (Å²) in [5.41, 5.74) is 0. The van der Waals surface area contributed by atoms with E-state index in [1.54, 1.807) is 22.6 Å². The summed E-state index contributed by atoms with van der Waals surface area (Å²) in [6, 6.07) is 0. The maximum atomic E-state index is 13.3. The summed E-state index contributed by atoms with van der Waals surface area (Å²) >= 11 is 1.60. The lowest BCUT2D eigenvalue weighted by molar-refractivity contribution is -0.171. The number of hydrogen-bond acceptors (Lipinski definition) is 2. The molecule has 0 aromatic carbocycles. The number of hydrogen-bond donors (Lipinski definition) is 0. The van der Waals surface area contributed by atoms with Gasteiger partial charge in [-0.2, -0.15) is 8.78 Å². The third kappa shape index (κ3) is 4.06. The van der Waals surface area contributed by atoms with Gasteiger partial charge in [-0.3, -0.25) is 0 Å². The lowest BCUT2D eigenvalue weighted by atomic mass is 10.0. The van der Waals surface area contributed by atoms with Gasteiger partial charge in [0.05, 0.1) is 10.5 Å². The van der Waals surface area contributed by atoms with E-state index in [4.69, 9.17) is 0 Å². The quantitative estimate of drug-likeness (QED) is 0.442. The van der Waals surface area contributed by atoms with Crippen LogP contribution in [0.2, 0.25) is 0 Å². The van der Waals surface area contributed by atoms with E-state index in [-0.39, 0.29) is 12.5 Å². The summed E-state index contributed by atoms with van der Waals surface area (Å²) < 4.78 is 29.9. The molecular formula is C9H15F2IO2. The van der Waals surface area contributed by atoms with E-state index in [0.29, 0.717) is 6.42 Å². The molecule has 0 aliphatic rings. The number of esters is 1. The van der Waals surface area contributed by atoms with Crippen molar-refractivity contribution in [3.05, 3.63) is 0 Å². The molecule has 1 atom stereocenters. The van der Waals surface area contributed by atoms with Crippen molar-refractivity contribution in [3.63, 3.8) is 0 Å². The van der Waals surface area contributed by atoms with E-state index in [1.807, 2.05) is 13.8 Å². The molecule has 0 rings (SSSR count). The van der Waals surface area contributed by atoms with Gasteiger partial charge in [-0.05, 0) is 19.3 Å². The second-order valence-electron chi connectivity index (χ2n) is 3.44. The van der Waals surface area contributed by atoms with Gasteiger partial charge in [0.1, 0.15) is 0 Å². The Morgan fingerprint density at radius 2 is 2.00 bits per heavy atom. The molecule has 0 aliphatic heterocycles. The molecule has 0 bridgehead atoms. The van der Waals surface area contributed by atoms with Crippen LogP contribution in [-0.2, 0) is 9.53 Å². The van der Waals surface area contributed by atoms with Crippen LogP contribution in [0, 0.1) is 5.92 Å². The first kappa shape index (κ1) is 14.1. The van der Waals surface area contributed by atoms with Gasteiger partial charge in [0.2, 0.25) is 0 Å². The Hall–Kier alpha value is 0.0600. The minimum atomic E-state index is -3.37. The first-order valence-corrected chi connectivity index (χ1v) is 5.76. The van der Waals surface area contributed by atoms with Gasteiger partial charge >= 0.3 is 11.9 Å². The predicted octanol–water partition coefficient (Wildman–Crippen LogP) is 3.03. The Bertz CT molecular complexity index is 195. The third-order valence-electron chi connectivity index (χ3n) is 1.62. The van der Waals surface area contributed by atoms with E-state index in [1.165, 1.54) is 6.92 Å². The van der Waals surface area contributed by atoms with Crippen LogP contribution in [0.5, 0.6) is 0 Å². The van der Waals surface area contributed by atoms with Gasteiger partial charge < -0.3 is 4.74 Å². The first-order chi connectivity index (χ1) is 6.32. The van der Waals surface area contributed by atoms with E-state index < -0.39 is 15.8 Å². The highest BCUT2D eigenvalue weighted by molar-refractivity contribution is 14.1. The molecule has 0 fully saturated rings. The first-order valence-electron chi connectivity index (χ1n) is 4.51. The second kappa shape index (κ2) is 5.82. The molecule has 14 heavy (non-hydrogen) atoms. The van der Waals surface area contributed by atoms with Crippen molar-refractivity contribution in [2.24, 2.45) is 5.92 Å². The molecule has 0 heterocycles. The van der Waals surface area contributed by atoms with Crippen molar-refractivity contribution in [2.75, 3.05) is 6.61 Å². The SMILES string of the molecule is CCOC(=O)C(F)(F)C(I)CC(C)C. The molecular weight excluding hydrogens is 305 g/mol. The highest BCUT2D eigenvalue weighted by Crippen LogP contribution is 2.31. The molecule has 5 heteroatoms. The normalized spacial score (nSPS) is 14.2. The molecule has 0 aromatic heterocycles. The molecule has 0 amide bonds. The minimum Gasteiger partial charge on any atom is -0.462 e. The zero-order valence-electron chi connectivity index (χ0n) is 8.52. The Labute approximate surface area is 96.5 Å². The van der Waals surface area contributed by atoms with Crippen molar-refractivity contribution in [3.8, 4) is 0 Å². The van der Waals surface area contributed by atoms with Gasteiger partial charge in [-0.15, -0.1) is 0 Å². The fraction of sp³-hybridized carbons (Fsp3) is 0.889. The maximum Gasteiger partial charge on any atom is 0.378 e. The monoisotopic (exact) mass is 320 g/mol. The number of rotatable bonds is 5. The zero-order chi connectivity index (χ0) is 11.4. The lowest BCUT2D eigenvalue weighted by Crippen LogP contribution is -2.40. The van der Waals surface area contributed by atoms with Crippen molar-refractivity contribution >= 4 is 28.6 Å². The molecule has 0 saturated heterocycles. The van der Waals surface area contributed by atoms with E-state index in [2.05, 4.69) is 4.74 Å². The highest BCUT2D eigenvalue weighted by Gasteiger charge is 2.47. The van der Waals surface area contributed by atoms with Crippen LogP contribution in [0.25, 0.3) is 0 Å². The van der Waals surface area contributed by atoms with Gasteiger partial charge in [0, 0.05) is 0 Å². The minimum absolute atomic E-state index is 0.0144. The smallest absolute Gasteiger partial charge is 0.378 e. The van der Waals surface area contributed by atoms with Crippen molar-refractivity contribution in [1.82, 2.24) is 0 Å². The Kier molecular flexibility index (Phi) is 5.85. The summed E-state index contributed by atoms with van der Waals surface area (Å²) in [5, 5.41) is 0. The number of alkyl halides is 3. The molecule has 0 spiro atoms. The number of halogens is 3. The van der Waals surface area contributed by atoms with Gasteiger partial charge in [0.15, 0.2) is 0 Å². The summed E-state index contributed by atoms with van der Waals surface area (Å²) in [6.45, 7) is 5.18. The Morgan fingerprint density at radius 3 is 2.36 bits per heavy atom. The Morgan fingerprint density at radius 1 is 1.50 bits per heavy atom. The summed E-state index contributed by atoms with van der Waals surface area (Å²) in [6.07, 6.45) is 0.298. The summed E-state index contributed by atoms with van der Waals surface area (Å²) in [5.74, 6) is -4.65. The topological polar surface area (TPSA) is 26.3 Å². The number of carbonyl (C=O) groups is 1. The van der Waals surface area contributed by atoms with Crippen LogP contribution in [0.4, 0.5) is 8.78 Å². The van der Waals surface area contributed by atoms with Crippen LogP contribution in [0.3, 0.4) is 0 Å². The molecule has 84 valence electrons. The number of carbonyl (C=O) groups excluding carboxylic acids is 1. The van der Waals surface area contributed by atoms with Crippen LogP contribution in [-0.4, -0.2) is 22.4 Å². The Balaban J connectivity index is 4.35. The van der Waals surface area contributed by atoms with E-state index >= 15 is 0 Å². The van der Waals surface area contributed by atoms with Crippen molar-refractivity contribution in [1.29, 1.82) is 0 Å². The molecule has 2 nitrogen and oxygen atoms in total. The summed E-state index contributed by atoms with van der Waals surface area (Å²) in [7, 11) is 0. The number of ether oxygens (including phenoxy) is 1. The average Bonchev–Trinajstić information content (AvgIpc) is 2.03. The van der Waals surface area contributed by atoms with Crippen LogP contribution < -0.4 is 0 Å². The second-order valence-corrected chi connectivity index (χ2v) is 4.94. The van der Waals surface area contributed by atoms with Gasteiger partial charge in [-0.25, -0.2) is 4.79 Å². The molecule has 0 aliphatic carbocycles. The van der Waals surface area contributed by atoms with Crippen molar-refractivity contribution < 1.29 is 18.3 Å². The molecule has 0 aromatic rings. The third-order valence-corrected chi connectivity index (χ3v) is 2.91. The highest BCUT2D eigenvalue weighted by atomic mass is 127. The van der Waals surface area contributed by atoms with E-state index in [9.17, 15) is 13.6 Å². The molecule has 1 unspecified atom stereocenters. The van der Waals surface area contributed by atoms with Crippen LogP contribution in [0.1, 0.15) is 27.2 Å². The largest absolute Gasteiger partial charge is 0.462 e. The van der Waals surface area contributed by atoms with Crippen LogP contribution in [0.15, 0.2) is 0 Å². The molecule has 0 saturated carbocycles. The molecule has 0 radical (unpaired) electrons. The zero-order valence-corrected chi connectivity index (χ0v) is 10.7. The van der Waals surface area contributed by atoms with Crippen LogP contribution >= 0.6 is 22.6 Å². The van der Waals surface area contributed by atoms with Gasteiger partial charge in [-0.1, -0.05) is 36.4 Å². The fourth-order valence-corrected chi connectivity index (χ4v) is 2.19. The lowest BCUT2D eigenvalue weighted by Gasteiger charge is -2.21. The van der Waals surface area contributed by atoms with Crippen molar-refractivity contribution in [2.45, 2.75) is 37.0 Å². The predicted molar refractivity (Wildman–Crippen MR) is 58.8 cm³/mol. The standard InChI is InChI=1S/C9H15F2IO2/c1-4-14-8(13)9(10,11)7(12)5-6(2)3/h6-7H,4-5H2,1-3H3. The average molecular weight is 320 g/mol. The van der Waals surface area contributed by atoms with Gasteiger partial charge in [0.25, 0.3) is 0 Å². The fourth-order valence-electron chi connectivity index (χ4n) is 0.917. The molecule has 0 N–H and O–H groups in total. The summed E-state index contributed by atoms with van der Waals surface area (Å²) in [4.78, 5) is 10.9.